The number of nitrogens with zero attached hydrogens (tertiary/aromatic N) is 1. The van der Waals surface area contributed by atoms with Gasteiger partial charge in [-0.15, -0.1) is 0 Å². The van der Waals surface area contributed by atoms with E-state index in [1.165, 1.54) is 16.7 Å². The number of carbonyl (C=O) groups excluding carboxylic acids is 2. The average molecular weight is 481 g/mol. The lowest BCUT2D eigenvalue weighted by molar-refractivity contribution is -0.120. The van der Waals surface area contributed by atoms with Crippen LogP contribution in [0.2, 0.25) is 0 Å². The molecule has 1 N–H and O–H groups in total. The molecule has 0 saturated heterocycles. The number of rotatable bonds is 6. The maximum absolute atomic E-state index is 13.3. The van der Waals surface area contributed by atoms with Crippen LogP contribution in [-0.4, -0.2) is 18.9 Å². The SMILES string of the molecule is COc1ccc(N2C(=O)C(Nc3ccc(Br)cc3)=C(Sc3ccccc3)C2=O)cc1. The van der Waals surface area contributed by atoms with Crippen LogP contribution in [0.25, 0.3) is 0 Å². The van der Waals surface area contributed by atoms with Crippen LogP contribution in [0.1, 0.15) is 0 Å². The third kappa shape index (κ3) is 4.13. The number of ether oxygens (including phenoxy) is 1. The first kappa shape index (κ1) is 20.3. The topological polar surface area (TPSA) is 58.6 Å². The summed E-state index contributed by atoms with van der Waals surface area (Å²) in [6, 6.07) is 23.8. The summed E-state index contributed by atoms with van der Waals surface area (Å²) in [4.78, 5) is 29.0. The maximum Gasteiger partial charge on any atom is 0.283 e. The largest absolute Gasteiger partial charge is 0.497 e. The Morgan fingerprint density at radius 2 is 1.53 bits per heavy atom. The Bertz CT molecular complexity index is 1110. The number of anilines is 2. The van der Waals surface area contributed by atoms with E-state index in [1.54, 1.807) is 31.4 Å². The normalized spacial score (nSPS) is 13.7. The molecule has 0 fully saturated rings. The van der Waals surface area contributed by atoms with Gasteiger partial charge in [-0.1, -0.05) is 45.9 Å². The molecule has 7 heteroatoms. The molecule has 0 aliphatic carbocycles. The molecule has 0 aromatic heterocycles. The van der Waals surface area contributed by atoms with E-state index in [2.05, 4.69) is 21.2 Å². The van der Waals surface area contributed by atoms with Gasteiger partial charge < -0.3 is 10.1 Å². The van der Waals surface area contributed by atoms with Gasteiger partial charge in [0.15, 0.2) is 0 Å². The number of hydrogen-bond acceptors (Lipinski definition) is 5. The lowest BCUT2D eigenvalue weighted by Gasteiger charge is -2.15. The van der Waals surface area contributed by atoms with Gasteiger partial charge in [-0.2, -0.15) is 0 Å². The van der Waals surface area contributed by atoms with Crippen LogP contribution in [-0.2, 0) is 9.59 Å². The molecule has 0 unspecified atom stereocenters. The van der Waals surface area contributed by atoms with E-state index in [0.29, 0.717) is 16.3 Å². The highest BCUT2D eigenvalue weighted by atomic mass is 79.9. The highest BCUT2D eigenvalue weighted by Gasteiger charge is 2.40. The van der Waals surface area contributed by atoms with Crippen molar-refractivity contribution in [2.24, 2.45) is 0 Å². The second-order valence-corrected chi connectivity index (χ2v) is 8.39. The van der Waals surface area contributed by atoms with Gasteiger partial charge in [0.1, 0.15) is 16.4 Å². The zero-order valence-electron chi connectivity index (χ0n) is 16.0. The predicted molar refractivity (Wildman–Crippen MR) is 123 cm³/mol. The number of amides is 2. The number of halogens is 1. The van der Waals surface area contributed by atoms with Crippen LogP contribution >= 0.6 is 27.7 Å². The monoisotopic (exact) mass is 480 g/mol. The van der Waals surface area contributed by atoms with Crippen LogP contribution in [0.15, 0.2) is 98.8 Å². The molecular formula is C23H17BrN2O3S. The molecular weight excluding hydrogens is 464 g/mol. The van der Waals surface area contributed by atoms with Gasteiger partial charge in [0.05, 0.1) is 12.8 Å². The van der Waals surface area contributed by atoms with Gasteiger partial charge in [-0.3, -0.25) is 9.59 Å². The molecule has 0 bridgehead atoms. The minimum absolute atomic E-state index is 0.256. The minimum atomic E-state index is -0.397. The van der Waals surface area contributed by atoms with E-state index in [-0.39, 0.29) is 11.6 Å². The molecule has 3 aromatic carbocycles. The van der Waals surface area contributed by atoms with Gasteiger partial charge in [-0.05, 0) is 60.7 Å². The fraction of sp³-hybridized carbons (Fsp3) is 0.0435. The molecule has 3 aromatic rings. The predicted octanol–water partition coefficient (Wildman–Crippen LogP) is 5.45. The summed E-state index contributed by atoms with van der Waals surface area (Å²) in [5.74, 6) is -0.108. The second kappa shape index (κ2) is 8.77. The van der Waals surface area contributed by atoms with Crippen molar-refractivity contribution in [3.63, 3.8) is 0 Å². The molecule has 5 nitrogen and oxygen atoms in total. The molecule has 1 heterocycles. The number of benzene rings is 3. The maximum atomic E-state index is 13.3. The molecule has 0 atom stereocenters. The van der Waals surface area contributed by atoms with Crippen LogP contribution in [0, 0.1) is 0 Å². The number of imide groups is 1. The van der Waals surface area contributed by atoms with Gasteiger partial charge in [0, 0.05) is 15.1 Å². The zero-order chi connectivity index (χ0) is 21.1. The Morgan fingerprint density at radius 1 is 0.867 bits per heavy atom. The van der Waals surface area contributed by atoms with Crippen molar-refractivity contribution in [3.05, 3.63) is 93.9 Å². The molecule has 1 aliphatic rings. The molecule has 2 amide bonds. The summed E-state index contributed by atoms with van der Waals surface area (Å²) in [7, 11) is 1.57. The van der Waals surface area contributed by atoms with Crippen molar-refractivity contribution in [1.29, 1.82) is 0 Å². The first-order valence-electron chi connectivity index (χ1n) is 9.09. The average Bonchev–Trinajstić information content (AvgIpc) is 3.00. The molecule has 4 rings (SSSR count). The van der Waals surface area contributed by atoms with E-state index in [4.69, 9.17) is 4.74 Å². The number of nitrogens with one attached hydrogen (secondary N) is 1. The lowest BCUT2D eigenvalue weighted by Crippen LogP contribution is -2.32. The highest BCUT2D eigenvalue weighted by Crippen LogP contribution is 2.38. The summed E-state index contributed by atoms with van der Waals surface area (Å²) in [5.41, 5.74) is 1.47. The van der Waals surface area contributed by atoms with Crippen LogP contribution < -0.4 is 15.0 Å². The van der Waals surface area contributed by atoms with Crippen molar-refractivity contribution in [2.45, 2.75) is 4.90 Å². The van der Waals surface area contributed by atoms with Gasteiger partial charge in [0.2, 0.25) is 0 Å². The Kier molecular flexibility index (Phi) is 5.92. The standard InChI is InChI=1S/C23H17BrN2O3S/c1-29-18-13-11-17(12-14-18)26-22(27)20(25-16-9-7-15(24)8-10-16)21(23(26)28)30-19-5-3-2-4-6-19/h2-14,25H,1H3. The summed E-state index contributed by atoms with van der Waals surface area (Å²) >= 11 is 4.67. The molecule has 0 saturated carbocycles. The number of methoxy groups -OCH3 is 1. The Morgan fingerprint density at radius 3 is 2.17 bits per heavy atom. The van der Waals surface area contributed by atoms with Crippen LogP contribution in [0.5, 0.6) is 5.75 Å². The Balaban J connectivity index is 1.72. The lowest BCUT2D eigenvalue weighted by atomic mass is 10.2. The summed E-state index contributed by atoms with van der Waals surface area (Å²) in [6.07, 6.45) is 0. The summed E-state index contributed by atoms with van der Waals surface area (Å²) < 4.78 is 6.10. The van der Waals surface area contributed by atoms with E-state index < -0.39 is 5.91 Å². The summed E-state index contributed by atoms with van der Waals surface area (Å²) in [6.45, 7) is 0. The van der Waals surface area contributed by atoms with Crippen LogP contribution in [0.4, 0.5) is 11.4 Å². The van der Waals surface area contributed by atoms with E-state index in [0.717, 1.165) is 15.1 Å². The van der Waals surface area contributed by atoms with Crippen molar-refractivity contribution >= 4 is 50.9 Å². The third-order valence-electron chi connectivity index (χ3n) is 4.45. The van der Waals surface area contributed by atoms with E-state index in [9.17, 15) is 9.59 Å². The van der Waals surface area contributed by atoms with Gasteiger partial charge >= 0.3 is 0 Å². The van der Waals surface area contributed by atoms with Crippen molar-refractivity contribution in [2.75, 3.05) is 17.3 Å². The van der Waals surface area contributed by atoms with Crippen molar-refractivity contribution < 1.29 is 14.3 Å². The van der Waals surface area contributed by atoms with Crippen molar-refractivity contribution in [1.82, 2.24) is 0 Å². The zero-order valence-corrected chi connectivity index (χ0v) is 18.4. The van der Waals surface area contributed by atoms with E-state index >= 15 is 0 Å². The van der Waals surface area contributed by atoms with E-state index in [1.807, 2.05) is 54.6 Å². The molecule has 0 radical (unpaired) electrons. The summed E-state index contributed by atoms with van der Waals surface area (Å²) in [5, 5.41) is 3.14. The Hall–Kier alpha value is -3.03. The quantitative estimate of drug-likeness (QED) is 0.475. The number of carbonyl (C=O) groups is 2. The van der Waals surface area contributed by atoms with Crippen molar-refractivity contribution in [3.8, 4) is 5.75 Å². The number of thioether (sulfide) groups is 1. The van der Waals surface area contributed by atoms with Crippen LogP contribution in [0.3, 0.4) is 0 Å². The molecule has 0 spiro atoms. The highest BCUT2D eigenvalue weighted by molar-refractivity contribution is 9.10. The number of hydrogen-bond donors (Lipinski definition) is 1. The third-order valence-corrected chi connectivity index (χ3v) is 6.07. The first-order chi connectivity index (χ1) is 14.6. The Labute approximate surface area is 186 Å². The first-order valence-corrected chi connectivity index (χ1v) is 10.7. The van der Waals surface area contributed by atoms with Gasteiger partial charge in [0.25, 0.3) is 11.8 Å². The second-order valence-electron chi connectivity index (χ2n) is 6.39. The van der Waals surface area contributed by atoms with Gasteiger partial charge in [-0.25, -0.2) is 4.90 Å². The molecule has 1 aliphatic heterocycles. The smallest absolute Gasteiger partial charge is 0.283 e. The molecule has 30 heavy (non-hydrogen) atoms. The minimum Gasteiger partial charge on any atom is -0.497 e. The molecule has 150 valence electrons. The fourth-order valence-corrected chi connectivity index (χ4v) is 4.18. The fourth-order valence-electron chi connectivity index (χ4n) is 2.96.